The summed E-state index contributed by atoms with van der Waals surface area (Å²) in [7, 11) is 0. The van der Waals surface area contributed by atoms with Gasteiger partial charge in [-0.3, -0.25) is 4.79 Å². The highest BCUT2D eigenvalue weighted by molar-refractivity contribution is 7.98. The number of carbonyl (C=O) groups is 2. The van der Waals surface area contributed by atoms with E-state index in [0.717, 1.165) is 20.5 Å². The van der Waals surface area contributed by atoms with Crippen molar-refractivity contribution in [2.24, 2.45) is 0 Å². The number of hydrogen-bond acceptors (Lipinski definition) is 5. The summed E-state index contributed by atoms with van der Waals surface area (Å²) in [6, 6.07) is 15.3. The van der Waals surface area contributed by atoms with Gasteiger partial charge in [-0.2, -0.15) is 0 Å². The molecular weight excluding hydrogens is 354 g/mol. The Labute approximate surface area is 154 Å². The summed E-state index contributed by atoms with van der Waals surface area (Å²) in [5, 5.41) is 3.82. The number of thioether (sulfide) groups is 1. The maximum atomic E-state index is 12.3. The molecule has 0 aliphatic carbocycles. The fourth-order valence-electron chi connectivity index (χ4n) is 2.50. The van der Waals surface area contributed by atoms with Crippen LogP contribution in [0.2, 0.25) is 0 Å². The molecule has 2 aromatic carbocycles. The molecule has 25 heavy (non-hydrogen) atoms. The van der Waals surface area contributed by atoms with Crippen LogP contribution in [0.3, 0.4) is 0 Å². The molecule has 0 fully saturated rings. The van der Waals surface area contributed by atoms with Gasteiger partial charge in [0.25, 0.3) is 5.91 Å². The third-order valence-electron chi connectivity index (χ3n) is 3.74. The number of fused-ring (bicyclic) bond motifs is 1. The molecule has 6 heteroatoms. The van der Waals surface area contributed by atoms with E-state index in [4.69, 9.17) is 4.74 Å². The third-order valence-corrected chi connectivity index (χ3v) is 5.79. The van der Waals surface area contributed by atoms with Crippen LogP contribution in [0, 0.1) is 6.92 Å². The van der Waals surface area contributed by atoms with Gasteiger partial charge in [-0.25, -0.2) is 4.79 Å². The quantitative estimate of drug-likeness (QED) is 0.520. The summed E-state index contributed by atoms with van der Waals surface area (Å²) in [6.45, 7) is 1.58. The second-order valence-corrected chi connectivity index (χ2v) is 7.28. The van der Waals surface area contributed by atoms with Gasteiger partial charge < -0.3 is 10.1 Å². The molecule has 3 aromatic rings. The van der Waals surface area contributed by atoms with Gasteiger partial charge in [-0.15, -0.1) is 23.1 Å². The minimum Gasteiger partial charge on any atom is -0.451 e. The predicted octanol–water partition coefficient (Wildman–Crippen LogP) is 4.73. The zero-order chi connectivity index (χ0) is 17.8. The number of carbonyl (C=O) groups excluding carboxylic acids is 2. The molecule has 0 unspecified atom stereocenters. The smallest absolute Gasteiger partial charge is 0.349 e. The lowest BCUT2D eigenvalue weighted by atomic mass is 10.1. The van der Waals surface area contributed by atoms with Crippen LogP contribution in [-0.4, -0.2) is 24.7 Å². The highest BCUT2D eigenvalue weighted by Crippen LogP contribution is 2.31. The van der Waals surface area contributed by atoms with Crippen molar-refractivity contribution in [2.45, 2.75) is 11.8 Å². The highest BCUT2D eigenvalue weighted by atomic mass is 32.2. The van der Waals surface area contributed by atoms with Crippen molar-refractivity contribution in [1.82, 2.24) is 0 Å². The highest BCUT2D eigenvalue weighted by Gasteiger charge is 2.18. The average Bonchev–Trinajstić information content (AvgIpc) is 2.97. The number of amides is 1. The topological polar surface area (TPSA) is 55.4 Å². The molecule has 128 valence electrons. The number of aryl methyl sites for hydroxylation is 1. The summed E-state index contributed by atoms with van der Waals surface area (Å²) >= 11 is 2.93. The maximum absolute atomic E-state index is 12.3. The van der Waals surface area contributed by atoms with Gasteiger partial charge in [-0.05, 0) is 42.3 Å². The lowest BCUT2D eigenvalue weighted by molar-refractivity contribution is -0.119. The first kappa shape index (κ1) is 17.5. The van der Waals surface area contributed by atoms with Crippen molar-refractivity contribution < 1.29 is 14.3 Å². The molecule has 1 N–H and O–H groups in total. The summed E-state index contributed by atoms with van der Waals surface area (Å²) in [4.78, 5) is 25.9. The number of benzene rings is 2. The van der Waals surface area contributed by atoms with Crippen LogP contribution in [0.25, 0.3) is 10.1 Å². The molecule has 0 aliphatic rings. The number of thiophene rings is 1. The van der Waals surface area contributed by atoms with Crippen molar-refractivity contribution in [2.75, 3.05) is 18.2 Å². The van der Waals surface area contributed by atoms with Gasteiger partial charge in [0.1, 0.15) is 4.88 Å². The van der Waals surface area contributed by atoms with Crippen molar-refractivity contribution in [3.8, 4) is 0 Å². The molecule has 0 saturated heterocycles. The first-order valence-electron chi connectivity index (χ1n) is 7.68. The molecule has 0 aliphatic heterocycles. The SMILES string of the molecule is CSc1ccccc1NC(=O)COC(=O)c1sc2ccccc2c1C. The Hall–Kier alpha value is -2.31. The summed E-state index contributed by atoms with van der Waals surface area (Å²) in [5.41, 5.74) is 1.60. The minimum absolute atomic E-state index is 0.310. The van der Waals surface area contributed by atoms with Gasteiger partial charge >= 0.3 is 5.97 Å². The van der Waals surface area contributed by atoms with Crippen LogP contribution in [0.5, 0.6) is 0 Å². The van der Waals surface area contributed by atoms with E-state index in [-0.39, 0.29) is 12.5 Å². The number of para-hydroxylation sites is 1. The second-order valence-electron chi connectivity index (χ2n) is 5.38. The van der Waals surface area contributed by atoms with E-state index in [1.165, 1.54) is 11.3 Å². The van der Waals surface area contributed by atoms with E-state index >= 15 is 0 Å². The maximum Gasteiger partial charge on any atom is 0.349 e. The monoisotopic (exact) mass is 371 g/mol. The molecule has 0 radical (unpaired) electrons. The molecule has 0 atom stereocenters. The lowest BCUT2D eigenvalue weighted by Gasteiger charge is -2.09. The van der Waals surface area contributed by atoms with Gasteiger partial charge in [0.15, 0.2) is 6.61 Å². The van der Waals surface area contributed by atoms with Gasteiger partial charge in [0.2, 0.25) is 0 Å². The van der Waals surface area contributed by atoms with Crippen LogP contribution in [0.1, 0.15) is 15.2 Å². The Balaban J connectivity index is 1.65. The number of esters is 1. The van der Waals surface area contributed by atoms with Crippen LogP contribution >= 0.6 is 23.1 Å². The van der Waals surface area contributed by atoms with Crippen LogP contribution in [0.15, 0.2) is 53.4 Å². The molecule has 0 bridgehead atoms. The van der Waals surface area contributed by atoms with Crippen LogP contribution in [0.4, 0.5) is 5.69 Å². The fraction of sp³-hybridized carbons (Fsp3) is 0.158. The average molecular weight is 371 g/mol. The lowest BCUT2D eigenvalue weighted by Crippen LogP contribution is -2.21. The Kier molecular flexibility index (Phi) is 5.40. The second kappa shape index (κ2) is 7.72. The molecule has 4 nitrogen and oxygen atoms in total. The van der Waals surface area contributed by atoms with E-state index in [0.29, 0.717) is 10.6 Å². The van der Waals surface area contributed by atoms with Crippen molar-refractivity contribution in [3.05, 3.63) is 59.0 Å². The molecule has 0 spiro atoms. The Morgan fingerprint density at radius 2 is 1.84 bits per heavy atom. The Morgan fingerprint density at radius 1 is 1.12 bits per heavy atom. The largest absolute Gasteiger partial charge is 0.451 e. The standard InChI is InChI=1S/C19H17NO3S2/c1-12-13-7-3-5-9-15(13)25-18(12)19(22)23-11-17(21)20-14-8-4-6-10-16(14)24-2/h3-10H,11H2,1-2H3,(H,20,21). The minimum atomic E-state index is -0.466. The van der Waals surface area contributed by atoms with Crippen molar-refractivity contribution in [3.63, 3.8) is 0 Å². The number of anilines is 1. The fourth-order valence-corrected chi connectivity index (χ4v) is 4.16. The normalized spacial score (nSPS) is 10.6. The molecule has 1 aromatic heterocycles. The summed E-state index contributed by atoms with van der Waals surface area (Å²) in [5.74, 6) is -0.819. The molecular formula is C19H17NO3S2. The van der Waals surface area contributed by atoms with E-state index in [2.05, 4.69) is 5.32 Å². The van der Waals surface area contributed by atoms with Crippen molar-refractivity contribution >= 4 is 50.7 Å². The molecule has 1 heterocycles. The third kappa shape index (κ3) is 3.86. The number of nitrogens with one attached hydrogen (secondary N) is 1. The zero-order valence-electron chi connectivity index (χ0n) is 13.9. The van der Waals surface area contributed by atoms with Crippen LogP contribution < -0.4 is 5.32 Å². The first-order valence-corrected chi connectivity index (χ1v) is 9.72. The number of rotatable bonds is 5. The number of ether oxygens (including phenoxy) is 1. The van der Waals surface area contributed by atoms with Gasteiger partial charge in [0.05, 0.1) is 5.69 Å². The summed E-state index contributed by atoms with van der Waals surface area (Å²) in [6.07, 6.45) is 1.94. The molecule has 0 saturated carbocycles. The van der Waals surface area contributed by atoms with Crippen LogP contribution in [-0.2, 0) is 9.53 Å². The van der Waals surface area contributed by atoms with Gasteiger partial charge in [0, 0.05) is 9.60 Å². The molecule has 1 amide bonds. The number of hydrogen-bond donors (Lipinski definition) is 1. The predicted molar refractivity (Wildman–Crippen MR) is 104 cm³/mol. The Morgan fingerprint density at radius 3 is 2.60 bits per heavy atom. The van der Waals surface area contributed by atoms with E-state index in [1.54, 1.807) is 11.8 Å². The van der Waals surface area contributed by atoms with E-state index in [1.807, 2.05) is 61.7 Å². The zero-order valence-corrected chi connectivity index (χ0v) is 15.5. The van der Waals surface area contributed by atoms with E-state index < -0.39 is 5.97 Å². The Bertz CT molecular complexity index is 933. The van der Waals surface area contributed by atoms with Gasteiger partial charge in [-0.1, -0.05) is 30.3 Å². The van der Waals surface area contributed by atoms with Crippen molar-refractivity contribution in [1.29, 1.82) is 0 Å². The summed E-state index contributed by atoms with van der Waals surface area (Å²) < 4.78 is 6.23. The first-order chi connectivity index (χ1) is 12.1. The molecule has 3 rings (SSSR count). The van der Waals surface area contributed by atoms with E-state index in [9.17, 15) is 9.59 Å².